The number of nitrogens with zero attached hydrogens (tertiary/aromatic N) is 3. The normalized spacial score (nSPS) is 20.9. The van der Waals surface area contributed by atoms with Crippen molar-refractivity contribution < 1.29 is 4.79 Å². The number of hydrogen-bond donors (Lipinski definition) is 0. The molecule has 1 aromatic heterocycles. The van der Waals surface area contributed by atoms with Crippen LogP contribution in [0.5, 0.6) is 0 Å². The van der Waals surface area contributed by atoms with Crippen LogP contribution in [0.25, 0.3) is 0 Å². The Morgan fingerprint density at radius 2 is 2.00 bits per heavy atom. The van der Waals surface area contributed by atoms with Gasteiger partial charge in [-0.05, 0) is 36.8 Å². The lowest BCUT2D eigenvalue weighted by Gasteiger charge is -2.41. The summed E-state index contributed by atoms with van der Waals surface area (Å²) in [6.45, 7) is 8.21. The van der Waals surface area contributed by atoms with E-state index in [9.17, 15) is 4.79 Å². The van der Waals surface area contributed by atoms with Crippen molar-refractivity contribution in [1.82, 2.24) is 14.7 Å². The zero-order valence-electron chi connectivity index (χ0n) is 15.8. The molecule has 2 aromatic rings. The second-order valence-electron chi connectivity index (χ2n) is 8.00. The first-order valence-corrected chi connectivity index (χ1v) is 9.27. The van der Waals surface area contributed by atoms with Crippen LogP contribution in [-0.2, 0) is 18.9 Å². The van der Waals surface area contributed by atoms with Gasteiger partial charge in [0.25, 0.3) is 5.91 Å². The first kappa shape index (κ1) is 17.7. The van der Waals surface area contributed by atoms with Gasteiger partial charge in [-0.25, -0.2) is 0 Å². The Labute approximate surface area is 150 Å². The average molecular weight is 339 g/mol. The number of carbonyl (C=O) groups excluding carboxylic acids is 1. The summed E-state index contributed by atoms with van der Waals surface area (Å²) in [5.74, 6) is 0.640. The van der Waals surface area contributed by atoms with E-state index in [0.717, 1.165) is 38.0 Å². The van der Waals surface area contributed by atoms with Crippen LogP contribution in [0.3, 0.4) is 0 Å². The van der Waals surface area contributed by atoms with Crippen LogP contribution in [0.2, 0.25) is 0 Å². The molecule has 0 bridgehead atoms. The van der Waals surface area contributed by atoms with Crippen LogP contribution >= 0.6 is 0 Å². The number of aromatic nitrogens is 2. The summed E-state index contributed by atoms with van der Waals surface area (Å²) < 4.78 is 1.74. The Kier molecular flexibility index (Phi) is 4.98. The fraction of sp³-hybridized carbons (Fsp3) is 0.524. The third-order valence-corrected chi connectivity index (χ3v) is 5.22. The van der Waals surface area contributed by atoms with Crippen molar-refractivity contribution in [1.29, 1.82) is 0 Å². The molecule has 1 aliphatic heterocycles. The summed E-state index contributed by atoms with van der Waals surface area (Å²) in [7, 11) is 1.87. The highest BCUT2D eigenvalue weighted by Crippen LogP contribution is 2.34. The highest BCUT2D eigenvalue weighted by Gasteiger charge is 2.35. The lowest BCUT2D eigenvalue weighted by molar-refractivity contribution is 0.0640. The Balaban J connectivity index is 1.80. The first-order valence-electron chi connectivity index (χ1n) is 9.27. The minimum atomic E-state index is 0.0223. The van der Waals surface area contributed by atoms with Gasteiger partial charge >= 0.3 is 0 Å². The maximum absolute atomic E-state index is 13.1. The molecule has 1 saturated heterocycles. The smallest absolute Gasteiger partial charge is 0.272 e. The van der Waals surface area contributed by atoms with Crippen molar-refractivity contribution in [3.8, 4) is 0 Å². The van der Waals surface area contributed by atoms with E-state index in [1.165, 1.54) is 5.56 Å². The van der Waals surface area contributed by atoms with Crippen molar-refractivity contribution >= 4 is 5.91 Å². The topological polar surface area (TPSA) is 38.1 Å². The standard InChI is InChI=1S/C21H29N3O/c1-16(2)13-18-14-19(23(4)22-18)20(25)24-12-8-11-21(3,15-24)17-9-6-5-7-10-17/h5-7,9-10,14,16H,8,11-13,15H2,1-4H3. The van der Waals surface area contributed by atoms with Crippen molar-refractivity contribution in [3.63, 3.8) is 0 Å². The van der Waals surface area contributed by atoms with Gasteiger partial charge in [0.05, 0.1) is 5.69 Å². The van der Waals surface area contributed by atoms with Gasteiger partial charge in [-0.1, -0.05) is 51.1 Å². The summed E-state index contributed by atoms with van der Waals surface area (Å²) in [6.07, 6.45) is 3.06. The van der Waals surface area contributed by atoms with Crippen LogP contribution in [0, 0.1) is 5.92 Å². The number of rotatable bonds is 4. The van der Waals surface area contributed by atoms with Gasteiger partial charge in [0.1, 0.15) is 5.69 Å². The van der Waals surface area contributed by atoms with Crippen molar-refractivity contribution in [2.75, 3.05) is 13.1 Å². The molecule has 0 spiro atoms. The molecule has 1 fully saturated rings. The maximum Gasteiger partial charge on any atom is 0.272 e. The number of piperidine rings is 1. The van der Waals surface area contributed by atoms with E-state index in [2.05, 4.69) is 50.1 Å². The zero-order valence-corrected chi connectivity index (χ0v) is 15.8. The highest BCUT2D eigenvalue weighted by molar-refractivity contribution is 5.92. The van der Waals surface area contributed by atoms with E-state index in [1.54, 1.807) is 4.68 Å². The van der Waals surface area contributed by atoms with Crippen LogP contribution in [-0.4, -0.2) is 33.7 Å². The summed E-state index contributed by atoms with van der Waals surface area (Å²) >= 11 is 0. The van der Waals surface area contributed by atoms with Gasteiger partial charge in [-0.2, -0.15) is 5.10 Å². The number of aryl methyl sites for hydroxylation is 1. The average Bonchev–Trinajstić information content (AvgIpc) is 2.94. The molecule has 0 saturated carbocycles. The number of likely N-dealkylation sites (tertiary alicyclic amines) is 1. The van der Waals surface area contributed by atoms with Gasteiger partial charge < -0.3 is 4.90 Å². The van der Waals surface area contributed by atoms with Gasteiger partial charge in [0, 0.05) is 25.6 Å². The van der Waals surface area contributed by atoms with Crippen molar-refractivity contribution in [2.24, 2.45) is 13.0 Å². The van der Waals surface area contributed by atoms with E-state index in [1.807, 2.05) is 24.1 Å². The van der Waals surface area contributed by atoms with E-state index in [0.29, 0.717) is 11.6 Å². The van der Waals surface area contributed by atoms with Gasteiger partial charge in [-0.3, -0.25) is 9.48 Å². The Morgan fingerprint density at radius 3 is 2.68 bits per heavy atom. The van der Waals surface area contributed by atoms with Crippen LogP contribution in [0.4, 0.5) is 0 Å². The summed E-state index contributed by atoms with van der Waals surface area (Å²) in [4.78, 5) is 15.1. The summed E-state index contributed by atoms with van der Waals surface area (Å²) in [5.41, 5.74) is 3.05. The second-order valence-corrected chi connectivity index (χ2v) is 8.00. The minimum Gasteiger partial charge on any atom is -0.336 e. The van der Waals surface area contributed by atoms with Crippen LogP contribution in [0.1, 0.15) is 55.4 Å². The molecule has 2 heterocycles. The molecular weight excluding hydrogens is 310 g/mol. The molecule has 0 radical (unpaired) electrons. The third kappa shape index (κ3) is 3.78. The van der Waals surface area contributed by atoms with E-state index in [4.69, 9.17) is 0 Å². The Bertz CT molecular complexity index is 735. The number of benzene rings is 1. The molecule has 134 valence electrons. The number of carbonyl (C=O) groups is 1. The summed E-state index contributed by atoms with van der Waals surface area (Å²) in [6, 6.07) is 12.5. The van der Waals surface area contributed by atoms with Gasteiger partial charge in [0.2, 0.25) is 0 Å². The molecule has 25 heavy (non-hydrogen) atoms. The molecule has 1 aromatic carbocycles. The predicted octanol–water partition coefficient (Wildman–Crippen LogP) is 3.81. The van der Waals surface area contributed by atoms with E-state index in [-0.39, 0.29) is 11.3 Å². The van der Waals surface area contributed by atoms with Crippen molar-refractivity contribution in [3.05, 3.63) is 53.3 Å². The second kappa shape index (κ2) is 7.03. The highest BCUT2D eigenvalue weighted by atomic mass is 16.2. The molecule has 1 aliphatic rings. The Hall–Kier alpha value is -2.10. The monoisotopic (exact) mass is 339 g/mol. The quantitative estimate of drug-likeness (QED) is 0.849. The molecule has 0 aliphatic carbocycles. The molecule has 1 unspecified atom stereocenters. The lowest BCUT2D eigenvalue weighted by Crippen LogP contribution is -2.47. The minimum absolute atomic E-state index is 0.0223. The molecule has 0 N–H and O–H groups in total. The SMILES string of the molecule is CC(C)Cc1cc(C(=O)N2CCCC(C)(c3ccccc3)C2)n(C)n1. The summed E-state index contributed by atoms with van der Waals surface area (Å²) in [5, 5.41) is 4.53. The molecule has 1 atom stereocenters. The lowest BCUT2D eigenvalue weighted by atomic mass is 9.76. The molecule has 4 heteroatoms. The molecule has 1 amide bonds. The van der Waals surface area contributed by atoms with E-state index >= 15 is 0 Å². The Morgan fingerprint density at radius 1 is 1.28 bits per heavy atom. The molecular formula is C21H29N3O. The third-order valence-electron chi connectivity index (χ3n) is 5.22. The number of amides is 1. The zero-order chi connectivity index (χ0) is 18.0. The van der Waals surface area contributed by atoms with Crippen LogP contribution < -0.4 is 0 Å². The molecule has 4 nitrogen and oxygen atoms in total. The van der Waals surface area contributed by atoms with Gasteiger partial charge in [0.15, 0.2) is 0 Å². The molecule has 3 rings (SSSR count). The van der Waals surface area contributed by atoms with Gasteiger partial charge in [-0.15, -0.1) is 0 Å². The van der Waals surface area contributed by atoms with Crippen molar-refractivity contribution in [2.45, 2.75) is 45.4 Å². The maximum atomic E-state index is 13.1. The fourth-order valence-corrected chi connectivity index (χ4v) is 3.90. The fourth-order valence-electron chi connectivity index (χ4n) is 3.90. The van der Waals surface area contributed by atoms with E-state index < -0.39 is 0 Å². The predicted molar refractivity (Wildman–Crippen MR) is 101 cm³/mol. The number of hydrogen-bond acceptors (Lipinski definition) is 2. The largest absolute Gasteiger partial charge is 0.336 e. The first-order chi connectivity index (χ1) is 11.9. The van der Waals surface area contributed by atoms with Crippen LogP contribution in [0.15, 0.2) is 36.4 Å².